The van der Waals surface area contributed by atoms with Gasteiger partial charge in [-0.1, -0.05) is 26.7 Å². The number of carbonyl (C=O) groups excluding carboxylic acids is 2. The van der Waals surface area contributed by atoms with Crippen LogP contribution >= 0.6 is 0 Å². The standard InChI is InChI=1S/C23H37N3O6/c1-6-16(7-2)18(26-8-10-32-11-9-26)14-24-21(27)15-25-23(28)17-12-19(29-3)22(31-5)20(13-17)30-4/h12-13,16,18H,6-11,14-15H2,1-5H3,(H,24,27)(H,25,28). The van der Waals surface area contributed by atoms with E-state index in [-0.39, 0.29) is 18.5 Å². The molecule has 0 bridgehead atoms. The normalized spacial score (nSPS) is 15.2. The van der Waals surface area contributed by atoms with Crippen molar-refractivity contribution in [3.8, 4) is 17.2 Å². The molecule has 2 rings (SSSR count). The molecule has 1 heterocycles. The summed E-state index contributed by atoms with van der Waals surface area (Å²) in [4.78, 5) is 27.5. The Labute approximate surface area is 190 Å². The van der Waals surface area contributed by atoms with Crippen LogP contribution in [-0.2, 0) is 9.53 Å². The first-order chi connectivity index (χ1) is 15.5. The Hall–Kier alpha value is -2.52. The predicted octanol–water partition coefficient (Wildman–Crippen LogP) is 1.70. The fourth-order valence-corrected chi connectivity index (χ4v) is 4.09. The van der Waals surface area contributed by atoms with Crippen molar-refractivity contribution in [1.82, 2.24) is 15.5 Å². The van der Waals surface area contributed by atoms with Gasteiger partial charge in [-0.3, -0.25) is 14.5 Å². The minimum atomic E-state index is -0.399. The molecule has 1 aliphatic rings. The third kappa shape index (κ3) is 6.74. The van der Waals surface area contributed by atoms with Gasteiger partial charge in [0.15, 0.2) is 11.5 Å². The lowest BCUT2D eigenvalue weighted by molar-refractivity contribution is -0.120. The zero-order valence-corrected chi connectivity index (χ0v) is 19.9. The Kier molecular flexibility index (Phi) is 10.6. The molecule has 0 saturated carbocycles. The highest BCUT2D eigenvalue weighted by molar-refractivity contribution is 5.97. The summed E-state index contributed by atoms with van der Waals surface area (Å²) in [6.07, 6.45) is 2.10. The van der Waals surface area contributed by atoms with Crippen molar-refractivity contribution >= 4 is 11.8 Å². The average molecular weight is 452 g/mol. The predicted molar refractivity (Wildman–Crippen MR) is 122 cm³/mol. The lowest BCUT2D eigenvalue weighted by Gasteiger charge is -2.38. The van der Waals surface area contributed by atoms with Gasteiger partial charge in [0.25, 0.3) is 5.91 Å². The van der Waals surface area contributed by atoms with Crippen LogP contribution in [0, 0.1) is 5.92 Å². The highest BCUT2D eigenvalue weighted by atomic mass is 16.5. The molecular formula is C23H37N3O6. The van der Waals surface area contributed by atoms with Crippen molar-refractivity contribution in [1.29, 1.82) is 0 Å². The zero-order chi connectivity index (χ0) is 23.5. The number of hydrogen-bond donors (Lipinski definition) is 2. The Morgan fingerprint density at radius 3 is 2.09 bits per heavy atom. The summed E-state index contributed by atoms with van der Waals surface area (Å²) in [5.41, 5.74) is 0.315. The summed E-state index contributed by atoms with van der Waals surface area (Å²) in [5, 5.41) is 5.66. The Morgan fingerprint density at radius 2 is 1.59 bits per heavy atom. The van der Waals surface area contributed by atoms with Gasteiger partial charge in [0.05, 0.1) is 41.1 Å². The molecular weight excluding hydrogens is 414 g/mol. The topological polar surface area (TPSA) is 98.4 Å². The molecule has 1 aromatic rings. The second kappa shape index (κ2) is 13.1. The third-order valence-corrected chi connectivity index (χ3v) is 5.95. The number of benzene rings is 1. The molecule has 0 aliphatic carbocycles. The van der Waals surface area contributed by atoms with Crippen LogP contribution in [0.2, 0.25) is 0 Å². The molecule has 1 fully saturated rings. The molecule has 1 saturated heterocycles. The highest BCUT2D eigenvalue weighted by Gasteiger charge is 2.27. The SMILES string of the molecule is CCC(CC)C(CNC(=O)CNC(=O)c1cc(OC)c(OC)c(OC)c1)N1CCOCC1. The summed E-state index contributed by atoms with van der Waals surface area (Å²) in [6.45, 7) is 7.97. The van der Waals surface area contributed by atoms with Crippen molar-refractivity contribution < 1.29 is 28.5 Å². The van der Waals surface area contributed by atoms with Gasteiger partial charge in [0, 0.05) is 31.2 Å². The van der Waals surface area contributed by atoms with Crippen molar-refractivity contribution in [3.05, 3.63) is 17.7 Å². The van der Waals surface area contributed by atoms with Crippen LogP contribution in [0.25, 0.3) is 0 Å². The number of nitrogens with zero attached hydrogens (tertiary/aromatic N) is 1. The van der Waals surface area contributed by atoms with Crippen molar-refractivity contribution in [2.45, 2.75) is 32.7 Å². The monoisotopic (exact) mass is 451 g/mol. The second-order valence-corrected chi connectivity index (χ2v) is 7.69. The first kappa shape index (κ1) is 25.7. The molecule has 1 aliphatic heterocycles. The number of nitrogens with one attached hydrogen (secondary N) is 2. The largest absolute Gasteiger partial charge is 0.493 e. The van der Waals surface area contributed by atoms with Gasteiger partial charge in [0.1, 0.15) is 0 Å². The van der Waals surface area contributed by atoms with E-state index in [1.165, 1.54) is 21.3 Å². The minimum Gasteiger partial charge on any atom is -0.493 e. The summed E-state index contributed by atoms with van der Waals surface area (Å²) in [7, 11) is 4.46. The van der Waals surface area contributed by atoms with Crippen LogP contribution in [0.15, 0.2) is 12.1 Å². The summed E-state index contributed by atoms with van der Waals surface area (Å²) in [5.74, 6) is 1.01. The summed E-state index contributed by atoms with van der Waals surface area (Å²) >= 11 is 0. The first-order valence-electron chi connectivity index (χ1n) is 11.2. The van der Waals surface area contributed by atoms with Crippen LogP contribution < -0.4 is 24.8 Å². The molecule has 0 spiro atoms. The zero-order valence-electron chi connectivity index (χ0n) is 19.9. The van der Waals surface area contributed by atoms with Gasteiger partial charge in [-0.05, 0) is 18.1 Å². The fraction of sp³-hybridized carbons (Fsp3) is 0.652. The minimum absolute atomic E-state index is 0.117. The molecule has 2 amide bonds. The van der Waals surface area contributed by atoms with Gasteiger partial charge >= 0.3 is 0 Å². The number of ether oxygens (including phenoxy) is 4. The number of methoxy groups -OCH3 is 3. The van der Waals surface area contributed by atoms with E-state index in [0.29, 0.717) is 35.3 Å². The summed E-state index contributed by atoms with van der Waals surface area (Å²) < 4.78 is 21.3. The van der Waals surface area contributed by atoms with E-state index in [1.54, 1.807) is 12.1 Å². The molecule has 1 atom stereocenters. The molecule has 0 aromatic heterocycles. The quantitative estimate of drug-likeness (QED) is 0.499. The van der Waals surface area contributed by atoms with E-state index in [1.807, 2.05) is 0 Å². The third-order valence-electron chi connectivity index (χ3n) is 5.95. The highest BCUT2D eigenvalue weighted by Crippen LogP contribution is 2.38. The smallest absolute Gasteiger partial charge is 0.251 e. The molecule has 2 N–H and O–H groups in total. The van der Waals surface area contributed by atoms with Gasteiger partial charge in [-0.25, -0.2) is 0 Å². The number of amides is 2. The van der Waals surface area contributed by atoms with Crippen LogP contribution in [-0.4, -0.2) is 83.5 Å². The maximum Gasteiger partial charge on any atom is 0.251 e. The molecule has 180 valence electrons. The lowest BCUT2D eigenvalue weighted by Crippen LogP contribution is -2.52. The van der Waals surface area contributed by atoms with Crippen LogP contribution in [0.4, 0.5) is 0 Å². The van der Waals surface area contributed by atoms with Crippen LogP contribution in [0.5, 0.6) is 17.2 Å². The number of carbonyl (C=O) groups is 2. The molecule has 0 radical (unpaired) electrons. The fourth-order valence-electron chi connectivity index (χ4n) is 4.09. The van der Waals surface area contributed by atoms with Gasteiger partial charge in [-0.15, -0.1) is 0 Å². The maximum atomic E-state index is 12.6. The van der Waals surface area contributed by atoms with E-state index >= 15 is 0 Å². The molecule has 1 unspecified atom stereocenters. The first-order valence-corrected chi connectivity index (χ1v) is 11.2. The van der Waals surface area contributed by atoms with Crippen LogP contribution in [0.3, 0.4) is 0 Å². The Bertz CT molecular complexity index is 722. The lowest BCUT2D eigenvalue weighted by atomic mass is 9.92. The number of morpholine rings is 1. The molecule has 9 heteroatoms. The van der Waals surface area contributed by atoms with Crippen LogP contribution in [0.1, 0.15) is 37.0 Å². The number of rotatable bonds is 12. The van der Waals surface area contributed by atoms with Crippen molar-refractivity contribution in [3.63, 3.8) is 0 Å². The van der Waals surface area contributed by atoms with E-state index in [2.05, 4.69) is 29.4 Å². The molecule has 1 aromatic carbocycles. The van der Waals surface area contributed by atoms with Gasteiger partial charge in [0.2, 0.25) is 11.7 Å². The maximum absolute atomic E-state index is 12.6. The van der Waals surface area contributed by atoms with Gasteiger partial charge in [-0.2, -0.15) is 0 Å². The molecule has 9 nitrogen and oxygen atoms in total. The van der Waals surface area contributed by atoms with Crippen molar-refractivity contribution in [2.75, 3.05) is 60.7 Å². The Balaban J connectivity index is 1.95. The van der Waals surface area contributed by atoms with E-state index < -0.39 is 5.91 Å². The van der Waals surface area contributed by atoms with E-state index in [0.717, 1.165) is 39.1 Å². The molecule has 32 heavy (non-hydrogen) atoms. The summed E-state index contributed by atoms with van der Waals surface area (Å²) in [6, 6.07) is 3.36. The van der Waals surface area contributed by atoms with E-state index in [9.17, 15) is 9.59 Å². The Morgan fingerprint density at radius 1 is 1.00 bits per heavy atom. The van der Waals surface area contributed by atoms with Gasteiger partial charge < -0.3 is 29.6 Å². The van der Waals surface area contributed by atoms with E-state index in [4.69, 9.17) is 18.9 Å². The number of hydrogen-bond acceptors (Lipinski definition) is 7. The second-order valence-electron chi connectivity index (χ2n) is 7.69. The van der Waals surface area contributed by atoms with Crippen molar-refractivity contribution in [2.24, 2.45) is 5.92 Å². The average Bonchev–Trinajstić information content (AvgIpc) is 2.84.